The van der Waals surface area contributed by atoms with Gasteiger partial charge in [0.15, 0.2) is 16.6 Å². The van der Waals surface area contributed by atoms with Crippen molar-refractivity contribution >= 4 is 23.1 Å². The lowest BCUT2D eigenvalue weighted by Gasteiger charge is -2.29. The zero-order chi connectivity index (χ0) is 20.3. The molecule has 0 aromatic carbocycles. The van der Waals surface area contributed by atoms with Gasteiger partial charge in [-0.1, -0.05) is 6.92 Å². The Hall–Kier alpha value is -2.36. The molecule has 1 aliphatic rings. The third kappa shape index (κ3) is 4.73. The predicted octanol–water partition coefficient (Wildman–Crippen LogP) is 4.22. The first-order valence-electron chi connectivity index (χ1n) is 9.05. The number of hydrogen-bond donors (Lipinski definition) is 1. The fourth-order valence-electron chi connectivity index (χ4n) is 2.87. The minimum absolute atomic E-state index is 0.0590. The zero-order valence-corrected chi connectivity index (χ0v) is 16.7. The van der Waals surface area contributed by atoms with Crippen molar-refractivity contribution in [3.63, 3.8) is 0 Å². The number of nitrogens with zero attached hydrogens (tertiary/aromatic N) is 3. The van der Waals surface area contributed by atoms with Crippen molar-refractivity contribution < 1.29 is 23.0 Å². The van der Waals surface area contributed by atoms with Crippen LogP contribution in [0.2, 0.25) is 0 Å². The predicted molar refractivity (Wildman–Crippen MR) is 101 cm³/mol. The molecule has 0 spiro atoms. The van der Waals surface area contributed by atoms with E-state index in [1.54, 1.807) is 6.92 Å². The molecule has 1 saturated carbocycles. The molecular weight excluding hydrogens is 390 g/mol. The lowest BCUT2D eigenvalue weighted by Crippen LogP contribution is -2.32. The number of rotatable bonds is 6. The maximum Gasteiger partial charge on any atom is 0.311 e. The number of hydrogen-bond acceptors (Lipinski definition) is 8. The van der Waals surface area contributed by atoms with Gasteiger partial charge in [0.25, 0.3) is 5.88 Å². The van der Waals surface area contributed by atoms with E-state index in [1.165, 1.54) is 18.4 Å². The third-order valence-corrected chi connectivity index (χ3v) is 5.36. The molecule has 0 aliphatic heterocycles. The summed E-state index contributed by atoms with van der Waals surface area (Å²) < 4.78 is 37.6. The molecule has 0 atom stereocenters. The zero-order valence-electron chi connectivity index (χ0n) is 15.9. The lowest BCUT2D eigenvalue weighted by atomic mass is 9.92. The van der Waals surface area contributed by atoms with Crippen LogP contribution in [0, 0.1) is 6.92 Å². The molecule has 2 heterocycles. The van der Waals surface area contributed by atoms with E-state index in [1.807, 2.05) is 12.3 Å². The summed E-state index contributed by atoms with van der Waals surface area (Å²) in [5.74, 6) is -2.41. The van der Waals surface area contributed by atoms with Crippen molar-refractivity contribution in [2.45, 2.75) is 57.9 Å². The number of carbonyl (C=O) groups is 1. The Labute approximate surface area is 165 Å². The summed E-state index contributed by atoms with van der Waals surface area (Å²) in [5, 5.41) is 5.60. The highest BCUT2D eigenvalue weighted by molar-refractivity contribution is 7.13. The van der Waals surface area contributed by atoms with Gasteiger partial charge in [-0.15, -0.1) is 11.3 Å². The Morgan fingerprint density at radius 1 is 1.32 bits per heavy atom. The Bertz CT molecular complexity index is 849. The lowest BCUT2D eigenvalue weighted by molar-refractivity contribution is -0.134. The highest BCUT2D eigenvalue weighted by Gasteiger charge is 2.35. The van der Waals surface area contributed by atoms with E-state index in [9.17, 15) is 13.6 Å². The van der Waals surface area contributed by atoms with Gasteiger partial charge in [0.2, 0.25) is 11.7 Å². The number of methoxy groups -OCH3 is 1. The number of halogens is 2. The first kappa shape index (κ1) is 20.4. The minimum atomic E-state index is -2.64. The number of aryl methyl sites for hydroxylation is 1. The maximum absolute atomic E-state index is 13.5. The minimum Gasteiger partial charge on any atom is -0.478 e. The van der Waals surface area contributed by atoms with Crippen LogP contribution in [0.1, 0.15) is 44.7 Å². The van der Waals surface area contributed by atoms with Gasteiger partial charge < -0.3 is 14.8 Å². The molecule has 7 nitrogen and oxygen atoms in total. The largest absolute Gasteiger partial charge is 0.478 e. The monoisotopic (exact) mass is 412 g/mol. The number of nitrogens with one attached hydrogen (secondary N) is 1. The highest BCUT2D eigenvalue weighted by atomic mass is 32.1. The van der Waals surface area contributed by atoms with Crippen molar-refractivity contribution in [1.82, 2.24) is 15.0 Å². The summed E-state index contributed by atoms with van der Waals surface area (Å²) >= 11 is 1.37. The Balaban J connectivity index is 1.96. The van der Waals surface area contributed by atoms with Crippen molar-refractivity contribution in [3.05, 3.63) is 11.1 Å². The second-order valence-electron chi connectivity index (χ2n) is 6.63. The van der Waals surface area contributed by atoms with Crippen LogP contribution in [-0.4, -0.2) is 40.0 Å². The standard InChI is InChI=1S/C18H22F2N4O3S/c1-4-12(25)27-13-14(22-11-5-7-18(19,20)8-6-11)23-15(24-16(13)26-3)17-21-10(2)9-28-17/h9,11H,4-8H2,1-3H3,(H,22,23,24). The molecule has 1 fully saturated rings. The molecule has 0 radical (unpaired) electrons. The SMILES string of the molecule is CCC(=O)Oc1c(NC2CCC(F)(F)CC2)nc(-c2nc(C)cs2)nc1OC. The van der Waals surface area contributed by atoms with Crippen molar-refractivity contribution in [2.75, 3.05) is 12.4 Å². The summed E-state index contributed by atoms with van der Waals surface area (Å²) in [6.45, 7) is 3.52. The number of esters is 1. The summed E-state index contributed by atoms with van der Waals surface area (Å²) in [6, 6.07) is -0.218. The van der Waals surface area contributed by atoms with Crippen molar-refractivity contribution in [2.24, 2.45) is 0 Å². The van der Waals surface area contributed by atoms with E-state index in [0.29, 0.717) is 10.8 Å². The number of ether oxygens (including phenoxy) is 2. The summed E-state index contributed by atoms with van der Waals surface area (Å²) in [7, 11) is 1.41. The second kappa shape index (κ2) is 8.34. The van der Waals surface area contributed by atoms with Gasteiger partial charge in [0.1, 0.15) is 0 Å². The van der Waals surface area contributed by atoms with Gasteiger partial charge in [-0.05, 0) is 19.8 Å². The molecule has 0 unspecified atom stereocenters. The molecule has 1 aliphatic carbocycles. The molecule has 0 saturated heterocycles. The molecule has 10 heteroatoms. The van der Waals surface area contributed by atoms with Gasteiger partial charge in [-0.2, -0.15) is 4.98 Å². The quantitative estimate of drug-likeness (QED) is 0.711. The van der Waals surface area contributed by atoms with Crippen molar-refractivity contribution in [3.8, 4) is 22.5 Å². The number of aromatic nitrogens is 3. The van der Waals surface area contributed by atoms with E-state index >= 15 is 0 Å². The molecule has 1 N–H and O–H groups in total. The topological polar surface area (TPSA) is 86.2 Å². The van der Waals surface area contributed by atoms with E-state index in [2.05, 4.69) is 20.3 Å². The molecular formula is C18H22F2N4O3S. The number of carbonyl (C=O) groups excluding carboxylic acids is 1. The summed E-state index contributed by atoms with van der Waals surface area (Å²) in [4.78, 5) is 25.0. The normalized spacial score (nSPS) is 16.6. The third-order valence-electron chi connectivity index (χ3n) is 4.40. The molecule has 2 aromatic rings. The van der Waals surface area contributed by atoms with E-state index < -0.39 is 11.9 Å². The molecule has 28 heavy (non-hydrogen) atoms. The van der Waals surface area contributed by atoms with Gasteiger partial charge in [0.05, 0.1) is 7.11 Å². The summed E-state index contributed by atoms with van der Waals surface area (Å²) in [5.41, 5.74) is 0.827. The number of alkyl halides is 2. The first-order valence-corrected chi connectivity index (χ1v) is 9.93. The number of thiazole rings is 1. The smallest absolute Gasteiger partial charge is 0.311 e. The molecule has 152 valence electrons. The van der Waals surface area contributed by atoms with Gasteiger partial charge in [-0.3, -0.25) is 4.79 Å². The van der Waals surface area contributed by atoms with E-state index in [-0.39, 0.29) is 55.6 Å². The van der Waals surface area contributed by atoms with Gasteiger partial charge in [0, 0.05) is 36.4 Å². The van der Waals surface area contributed by atoms with Crippen LogP contribution in [0.5, 0.6) is 11.6 Å². The van der Waals surface area contributed by atoms with E-state index in [4.69, 9.17) is 9.47 Å². The fourth-order valence-corrected chi connectivity index (χ4v) is 3.60. The Morgan fingerprint density at radius 3 is 2.61 bits per heavy atom. The fraction of sp³-hybridized carbons (Fsp3) is 0.556. The van der Waals surface area contributed by atoms with Crippen LogP contribution >= 0.6 is 11.3 Å². The van der Waals surface area contributed by atoms with Gasteiger partial charge >= 0.3 is 5.97 Å². The maximum atomic E-state index is 13.5. The molecule has 0 bridgehead atoms. The molecule has 3 rings (SSSR count). The molecule has 0 amide bonds. The first-order chi connectivity index (χ1) is 13.3. The van der Waals surface area contributed by atoms with E-state index in [0.717, 1.165) is 5.69 Å². The van der Waals surface area contributed by atoms with Crippen LogP contribution in [0.3, 0.4) is 0 Å². The van der Waals surface area contributed by atoms with Crippen LogP contribution in [0.25, 0.3) is 10.8 Å². The average Bonchev–Trinajstić information content (AvgIpc) is 3.10. The number of anilines is 1. The van der Waals surface area contributed by atoms with Crippen LogP contribution in [0.4, 0.5) is 14.6 Å². The Kier molecular flexibility index (Phi) is 6.07. The van der Waals surface area contributed by atoms with Crippen molar-refractivity contribution in [1.29, 1.82) is 0 Å². The average molecular weight is 412 g/mol. The van der Waals surface area contributed by atoms with Crippen LogP contribution < -0.4 is 14.8 Å². The van der Waals surface area contributed by atoms with Crippen LogP contribution in [-0.2, 0) is 4.79 Å². The second-order valence-corrected chi connectivity index (χ2v) is 7.49. The highest BCUT2D eigenvalue weighted by Crippen LogP contribution is 2.39. The molecule has 2 aromatic heterocycles. The van der Waals surface area contributed by atoms with Gasteiger partial charge in [-0.25, -0.2) is 18.7 Å². The Morgan fingerprint density at radius 2 is 2.04 bits per heavy atom. The van der Waals surface area contributed by atoms with Crippen LogP contribution in [0.15, 0.2) is 5.38 Å². The summed E-state index contributed by atoms with van der Waals surface area (Å²) in [6.07, 6.45) is 0.328.